The number of fused-ring (bicyclic) bond motifs is 1. The molecule has 0 aliphatic heterocycles. The Bertz CT molecular complexity index is 1330. The van der Waals surface area contributed by atoms with Crippen LogP contribution in [-0.2, 0) is 6.54 Å². The minimum Gasteiger partial charge on any atom is -0.496 e. The number of ether oxygens (including phenoxy) is 2. The van der Waals surface area contributed by atoms with Gasteiger partial charge in [-0.3, -0.25) is 4.79 Å². The Labute approximate surface area is 197 Å². The summed E-state index contributed by atoms with van der Waals surface area (Å²) < 4.78 is 13.5. The monoisotopic (exact) mass is 458 g/mol. The molecular formula is C25H26N6O3. The Balaban J connectivity index is 1.49. The highest BCUT2D eigenvalue weighted by Gasteiger charge is 2.14. The molecule has 0 aliphatic carbocycles. The van der Waals surface area contributed by atoms with Gasteiger partial charge in [-0.25, -0.2) is 15.4 Å². The summed E-state index contributed by atoms with van der Waals surface area (Å²) in [6, 6.07) is 12.5. The number of rotatable bonds is 8. The van der Waals surface area contributed by atoms with Gasteiger partial charge in [0.1, 0.15) is 17.8 Å². The van der Waals surface area contributed by atoms with Gasteiger partial charge in [0.05, 0.1) is 19.7 Å². The van der Waals surface area contributed by atoms with Crippen molar-refractivity contribution in [2.45, 2.75) is 27.3 Å². The van der Waals surface area contributed by atoms with E-state index < -0.39 is 0 Å². The van der Waals surface area contributed by atoms with E-state index in [1.54, 1.807) is 43.8 Å². The van der Waals surface area contributed by atoms with Gasteiger partial charge in [-0.15, -0.1) is 0 Å². The highest BCUT2D eigenvalue weighted by atomic mass is 16.5. The molecule has 9 nitrogen and oxygen atoms in total. The van der Waals surface area contributed by atoms with Gasteiger partial charge in [0.2, 0.25) is 0 Å². The number of benzene rings is 2. The molecule has 2 aromatic heterocycles. The summed E-state index contributed by atoms with van der Waals surface area (Å²) in [6.07, 6.45) is 4.73. The van der Waals surface area contributed by atoms with Crippen molar-refractivity contribution < 1.29 is 14.3 Å². The average Bonchev–Trinajstić information content (AvgIpc) is 3.23. The van der Waals surface area contributed by atoms with Crippen molar-refractivity contribution in [1.29, 1.82) is 0 Å². The van der Waals surface area contributed by atoms with Crippen molar-refractivity contribution >= 4 is 23.3 Å². The molecule has 0 radical (unpaired) electrons. The molecule has 0 bridgehead atoms. The zero-order valence-corrected chi connectivity index (χ0v) is 19.5. The number of carbonyl (C=O) groups is 1. The summed E-state index contributed by atoms with van der Waals surface area (Å²) >= 11 is 0. The Morgan fingerprint density at radius 3 is 2.68 bits per heavy atom. The van der Waals surface area contributed by atoms with Gasteiger partial charge in [-0.1, -0.05) is 31.5 Å². The fourth-order valence-electron chi connectivity index (χ4n) is 3.36. The second-order valence-corrected chi connectivity index (χ2v) is 8.21. The molecule has 0 saturated heterocycles. The van der Waals surface area contributed by atoms with E-state index in [1.165, 1.54) is 12.5 Å². The first kappa shape index (κ1) is 22.9. The number of aromatic nitrogens is 4. The molecule has 0 fully saturated rings. The van der Waals surface area contributed by atoms with Crippen molar-refractivity contribution in [3.63, 3.8) is 0 Å². The van der Waals surface area contributed by atoms with E-state index in [1.807, 2.05) is 23.6 Å². The van der Waals surface area contributed by atoms with E-state index in [-0.39, 0.29) is 5.91 Å². The molecule has 1 N–H and O–H groups in total. The summed E-state index contributed by atoms with van der Waals surface area (Å²) in [7, 11) is 1.55. The normalized spacial score (nSPS) is 11.3. The van der Waals surface area contributed by atoms with Gasteiger partial charge in [0.15, 0.2) is 11.2 Å². The minimum absolute atomic E-state index is 0.292. The maximum Gasteiger partial charge on any atom is 0.271 e. The van der Waals surface area contributed by atoms with E-state index in [0.29, 0.717) is 39.9 Å². The quantitative estimate of drug-likeness (QED) is 0.311. The summed E-state index contributed by atoms with van der Waals surface area (Å²) in [6.45, 7) is 7.03. The van der Waals surface area contributed by atoms with Crippen LogP contribution in [-0.4, -0.2) is 38.8 Å². The second-order valence-electron chi connectivity index (χ2n) is 8.21. The fourth-order valence-corrected chi connectivity index (χ4v) is 3.36. The van der Waals surface area contributed by atoms with Crippen LogP contribution in [0.1, 0.15) is 35.3 Å². The predicted octanol–water partition coefficient (Wildman–Crippen LogP) is 4.36. The Kier molecular flexibility index (Phi) is 6.82. The van der Waals surface area contributed by atoms with E-state index >= 15 is 0 Å². The van der Waals surface area contributed by atoms with E-state index in [2.05, 4.69) is 39.3 Å². The summed E-state index contributed by atoms with van der Waals surface area (Å²) in [5, 5.41) is 4.05. The number of aryl methyl sites for hydroxylation is 1. The van der Waals surface area contributed by atoms with Crippen molar-refractivity contribution in [1.82, 2.24) is 24.9 Å². The van der Waals surface area contributed by atoms with E-state index in [0.717, 1.165) is 17.8 Å². The first-order valence-corrected chi connectivity index (χ1v) is 10.9. The van der Waals surface area contributed by atoms with Gasteiger partial charge in [-0.05, 0) is 37.1 Å². The number of amides is 1. The van der Waals surface area contributed by atoms with Crippen LogP contribution in [0.4, 0.5) is 0 Å². The SMILES string of the molecule is COc1cc(Oc2ncnc3c2ncn3CC(C)C)ccc1/C=N/NC(=O)c1ccc(C)cc1. The van der Waals surface area contributed by atoms with Crippen molar-refractivity contribution in [3.8, 4) is 17.4 Å². The van der Waals surface area contributed by atoms with Gasteiger partial charge < -0.3 is 14.0 Å². The lowest BCUT2D eigenvalue weighted by molar-refractivity contribution is 0.0955. The van der Waals surface area contributed by atoms with Gasteiger partial charge in [-0.2, -0.15) is 10.1 Å². The third-order valence-corrected chi connectivity index (χ3v) is 5.03. The predicted molar refractivity (Wildman–Crippen MR) is 129 cm³/mol. The van der Waals surface area contributed by atoms with Gasteiger partial charge in [0, 0.05) is 23.7 Å². The number of imidazole rings is 1. The first-order valence-electron chi connectivity index (χ1n) is 10.9. The molecular weight excluding hydrogens is 432 g/mol. The van der Waals surface area contributed by atoms with Gasteiger partial charge in [0.25, 0.3) is 11.8 Å². The average molecular weight is 459 g/mol. The lowest BCUT2D eigenvalue weighted by Crippen LogP contribution is -2.17. The van der Waals surface area contributed by atoms with Crippen LogP contribution in [0, 0.1) is 12.8 Å². The number of methoxy groups -OCH3 is 1. The minimum atomic E-state index is -0.292. The van der Waals surface area contributed by atoms with Crippen LogP contribution in [0.2, 0.25) is 0 Å². The first-order chi connectivity index (χ1) is 16.4. The molecule has 174 valence electrons. The zero-order chi connectivity index (χ0) is 24.1. The molecule has 0 spiro atoms. The summed E-state index contributed by atoms with van der Waals surface area (Å²) in [5.74, 6) is 1.58. The van der Waals surface area contributed by atoms with Crippen molar-refractivity contribution in [2.75, 3.05) is 7.11 Å². The maximum atomic E-state index is 12.2. The zero-order valence-electron chi connectivity index (χ0n) is 19.5. The smallest absolute Gasteiger partial charge is 0.271 e. The molecule has 4 aromatic rings. The lowest BCUT2D eigenvalue weighted by atomic mass is 10.1. The number of hydrogen-bond acceptors (Lipinski definition) is 7. The van der Waals surface area contributed by atoms with Crippen LogP contribution in [0.25, 0.3) is 11.2 Å². The molecule has 4 rings (SSSR count). The van der Waals surface area contributed by atoms with Crippen LogP contribution in [0.15, 0.2) is 60.2 Å². The maximum absolute atomic E-state index is 12.2. The Morgan fingerprint density at radius 2 is 1.94 bits per heavy atom. The second kappa shape index (κ2) is 10.1. The molecule has 0 atom stereocenters. The molecule has 0 saturated carbocycles. The standard InChI is InChI=1S/C25H26N6O3/c1-16(2)13-31-15-28-22-23(31)26-14-27-25(22)34-20-10-9-19(21(11-20)33-4)12-29-30-24(32)18-7-5-17(3)6-8-18/h5-12,14-16H,13H2,1-4H3,(H,30,32)/b29-12+. The van der Waals surface area contributed by atoms with Crippen LogP contribution >= 0.6 is 0 Å². The number of hydrogen-bond donors (Lipinski definition) is 1. The van der Waals surface area contributed by atoms with Crippen molar-refractivity contribution in [2.24, 2.45) is 11.0 Å². The largest absolute Gasteiger partial charge is 0.496 e. The molecule has 9 heteroatoms. The molecule has 1 amide bonds. The summed E-state index contributed by atoms with van der Waals surface area (Å²) in [5.41, 5.74) is 6.12. The number of nitrogens with one attached hydrogen (secondary N) is 1. The summed E-state index contributed by atoms with van der Waals surface area (Å²) in [4.78, 5) is 25.3. The van der Waals surface area contributed by atoms with Gasteiger partial charge >= 0.3 is 0 Å². The molecule has 2 aromatic carbocycles. The topological polar surface area (TPSA) is 104 Å². The Hall–Kier alpha value is -4.27. The van der Waals surface area contributed by atoms with Crippen LogP contribution in [0.5, 0.6) is 17.4 Å². The third kappa shape index (κ3) is 5.20. The van der Waals surface area contributed by atoms with Crippen LogP contribution < -0.4 is 14.9 Å². The Morgan fingerprint density at radius 1 is 1.15 bits per heavy atom. The highest BCUT2D eigenvalue weighted by Crippen LogP contribution is 2.29. The third-order valence-electron chi connectivity index (χ3n) is 5.03. The highest BCUT2D eigenvalue weighted by molar-refractivity contribution is 5.95. The molecule has 0 unspecified atom stereocenters. The molecule has 0 aliphatic rings. The number of carbonyl (C=O) groups excluding carboxylic acids is 1. The van der Waals surface area contributed by atoms with Crippen LogP contribution in [0.3, 0.4) is 0 Å². The molecule has 34 heavy (non-hydrogen) atoms. The number of hydrazone groups is 1. The number of nitrogens with zero attached hydrogens (tertiary/aromatic N) is 5. The van der Waals surface area contributed by atoms with E-state index in [4.69, 9.17) is 9.47 Å². The lowest BCUT2D eigenvalue weighted by Gasteiger charge is -2.10. The molecule has 2 heterocycles. The fraction of sp³-hybridized carbons (Fsp3) is 0.240. The van der Waals surface area contributed by atoms with E-state index in [9.17, 15) is 4.79 Å². The van der Waals surface area contributed by atoms with Crippen molar-refractivity contribution in [3.05, 3.63) is 71.8 Å².